The number of hydrogen-bond acceptors (Lipinski definition) is 9. The third-order valence-electron chi connectivity index (χ3n) is 7.93. The molecule has 4 aromatic carbocycles. The molecule has 0 heterocycles. The molecule has 0 saturated carbocycles. The van der Waals surface area contributed by atoms with Crippen LogP contribution in [0.4, 0.5) is 10.5 Å². The topological polar surface area (TPSA) is 157 Å². The average Bonchev–Trinajstić information content (AvgIpc) is 3.14. The summed E-state index contributed by atoms with van der Waals surface area (Å²) in [4.78, 5) is 48.1. The predicted octanol–water partition coefficient (Wildman–Crippen LogP) is 7.29. The van der Waals surface area contributed by atoms with Crippen LogP contribution in [0.1, 0.15) is 59.8 Å². The second-order valence-corrected chi connectivity index (χ2v) is 15.2. The molecule has 0 spiro atoms. The van der Waals surface area contributed by atoms with Crippen LogP contribution in [0.5, 0.6) is 0 Å². The number of carboxylic acid groups (broad SMARTS) is 1. The highest BCUT2D eigenvalue weighted by Crippen LogP contribution is 2.48. The number of nitrogens with two attached hydrogens (primary N) is 1. The number of benzene rings is 4. The normalized spacial score (nSPS) is 12.3. The van der Waals surface area contributed by atoms with Crippen molar-refractivity contribution < 1.29 is 33.8 Å². The van der Waals surface area contributed by atoms with E-state index in [1.807, 2.05) is 104 Å². The van der Waals surface area contributed by atoms with Crippen LogP contribution in [0.15, 0.2) is 109 Å². The maximum absolute atomic E-state index is 12.3. The molecule has 0 bridgehead atoms. The number of nitrogens with one attached hydrogen (secondary N) is 2. The van der Waals surface area contributed by atoms with Crippen LogP contribution in [0.25, 0.3) is 0 Å². The third-order valence-corrected chi connectivity index (χ3v) is 10.2. The van der Waals surface area contributed by atoms with Gasteiger partial charge in [0.2, 0.25) is 0 Å². The van der Waals surface area contributed by atoms with Crippen molar-refractivity contribution in [1.29, 1.82) is 0 Å². The molecule has 5 N–H and O–H groups in total. The number of carbonyl (C=O) groups excluding carboxylic acids is 3. The minimum atomic E-state index is -1.12. The minimum Gasteiger partial charge on any atom is -0.480 e. The Morgan fingerprint density at radius 3 is 1.72 bits per heavy atom. The van der Waals surface area contributed by atoms with Crippen LogP contribution in [0.3, 0.4) is 0 Å². The number of esters is 1. The molecule has 0 aliphatic rings. The Balaban J connectivity index is 0.000000324. The van der Waals surface area contributed by atoms with E-state index in [1.165, 1.54) is 18.9 Å². The zero-order valence-corrected chi connectivity index (χ0v) is 32.6. The molecule has 12 heteroatoms. The number of thioether (sulfide) groups is 2. The fraction of sp³-hybridized carbons (Fsp3) is 0.317. The standard InChI is InChI=1S/C27H29NO4S.C14H20N2O3S/c1-26(2,3)32-25(31)28-23(24(29)30)19-33-27(20-13-7-4-8-14-20,21-15-9-5-10-16-21)22-17-11-6-12-18-22;1-9-8-10(4-5-11(9)15)13(17)16-12(6-7-20-3)14(18)19-2/h4-18,23H,19H2,1-3H3,(H,28,31)(H,29,30);4-5,8,12H,6-7,15H2,1-3H3,(H,16,17)/t23-;12-/m00/s1. The molecule has 0 aliphatic heterocycles. The summed E-state index contributed by atoms with van der Waals surface area (Å²) in [7, 11) is 1.31. The molecule has 282 valence electrons. The lowest BCUT2D eigenvalue weighted by atomic mass is 9.84. The first-order valence-electron chi connectivity index (χ1n) is 17.0. The number of amides is 2. The van der Waals surface area contributed by atoms with E-state index in [9.17, 15) is 24.3 Å². The third kappa shape index (κ3) is 12.6. The van der Waals surface area contributed by atoms with Crippen molar-refractivity contribution in [3.05, 3.63) is 137 Å². The highest BCUT2D eigenvalue weighted by atomic mass is 32.2. The Kier molecular flexibility index (Phi) is 16.3. The van der Waals surface area contributed by atoms with Gasteiger partial charge in [0.05, 0.1) is 11.9 Å². The fourth-order valence-corrected chi connectivity index (χ4v) is 7.31. The Morgan fingerprint density at radius 2 is 1.30 bits per heavy atom. The number of methoxy groups -OCH3 is 1. The molecule has 2 amide bonds. The van der Waals surface area contributed by atoms with Gasteiger partial charge in [-0.25, -0.2) is 14.4 Å². The van der Waals surface area contributed by atoms with Crippen molar-refractivity contribution >= 4 is 53.2 Å². The number of anilines is 1. The lowest BCUT2D eigenvalue weighted by Gasteiger charge is -2.36. The van der Waals surface area contributed by atoms with Crippen LogP contribution < -0.4 is 16.4 Å². The van der Waals surface area contributed by atoms with Gasteiger partial charge in [0.25, 0.3) is 5.91 Å². The number of carbonyl (C=O) groups is 4. The molecular weight excluding hydrogens is 711 g/mol. The summed E-state index contributed by atoms with van der Waals surface area (Å²) in [5.74, 6) is -0.950. The number of carboxylic acids is 1. The summed E-state index contributed by atoms with van der Waals surface area (Å²) >= 11 is 3.08. The van der Waals surface area contributed by atoms with Crippen molar-refractivity contribution in [2.24, 2.45) is 0 Å². The number of alkyl carbamates (subject to hydrolysis) is 1. The highest BCUT2D eigenvalue weighted by molar-refractivity contribution is 8.00. The number of hydrogen-bond donors (Lipinski definition) is 4. The van der Waals surface area contributed by atoms with E-state index >= 15 is 0 Å². The molecule has 0 fully saturated rings. The van der Waals surface area contributed by atoms with Crippen molar-refractivity contribution in [2.45, 2.75) is 56.5 Å². The number of rotatable bonds is 14. The molecule has 0 aliphatic carbocycles. The lowest BCUT2D eigenvalue weighted by molar-refractivity contribution is -0.143. The van der Waals surface area contributed by atoms with Gasteiger partial charge >= 0.3 is 18.0 Å². The quantitative estimate of drug-likeness (QED) is 0.0585. The summed E-state index contributed by atoms with van der Waals surface area (Å²) in [6.07, 6.45) is 1.73. The maximum atomic E-state index is 12.3. The van der Waals surface area contributed by atoms with Crippen LogP contribution in [-0.4, -0.2) is 71.6 Å². The SMILES string of the molecule is CC(C)(C)OC(=O)N[C@@H](CSC(c1ccccc1)(c1ccccc1)c1ccccc1)C(=O)O.COC(=O)[C@H](CCSC)NC(=O)c1ccc(N)c(C)c1. The van der Waals surface area contributed by atoms with Crippen molar-refractivity contribution in [3.8, 4) is 0 Å². The van der Waals surface area contributed by atoms with Gasteiger partial charge in [-0.3, -0.25) is 4.79 Å². The predicted molar refractivity (Wildman–Crippen MR) is 214 cm³/mol. The van der Waals surface area contributed by atoms with Gasteiger partial charge in [-0.2, -0.15) is 11.8 Å². The van der Waals surface area contributed by atoms with E-state index in [0.717, 1.165) is 28.0 Å². The summed E-state index contributed by atoms with van der Waals surface area (Å²) in [5, 5.41) is 15.1. The van der Waals surface area contributed by atoms with Gasteiger partial charge in [0, 0.05) is 17.0 Å². The molecule has 0 unspecified atom stereocenters. The summed E-state index contributed by atoms with van der Waals surface area (Å²) in [6, 6.07) is 33.3. The van der Waals surface area contributed by atoms with E-state index in [0.29, 0.717) is 17.7 Å². The zero-order valence-electron chi connectivity index (χ0n) is 31.0. The van der Waals surface area contributed by atoms with Gasteiger partial charge < -0.3 is 30.9 Å². The Morgan fingerprint density at radius 1 is 0.792 bits per heavy atom. The molecule has 0 radical (unpaired) electrons. The Labute approximate surface area is 320 Å². The Bertz CT molecular complexity index is 1690. The van der Waals surface area contributed by atoms with Crippen molar-refractivity contribution in [2.75, 3.05) is 30.6 Å². The van der Waals surface area contributed by atoms with E-state index < -0.39 is 40.5 Å². The van der Waals surface area contributed by atoms with Crippen LogP contribution >= 0.6 is 23.5 Å². The molecule has 4 rings (SSSR count). The van der Waals surface area contributed by atoms with Gasteiger partial charge in [-0.05, 0) is 86.6 Å². The lowest BCUT2D eigenvalue weighted by Crippen LogP contribution is -2.45. The molecule has 2 atom stereocenters. The molecule has 0 saturated heterocycles. The second kappa shape index (κ2) is 20.3. The summed E-state index contributed by atoms with van der Waals surface area (Å²) in [5.41, 5.74) is 10.0. The first-order valence-corrected chi connectivity index (χ1v) is 19.4. The van der Waals surface area contributed by atoms with Crippen LogP contribution in [0, 0.1) is 6.92 Å². The van der Waals surface area contributed by atoms with E-state index in [2.05, 4.69) is 10.6 Å². The first-order chi connectivity index (χ1) is 25.2. The smallest absolute Gasteiger partial charge is 0.408 e. The minimum absolute atomic E-state index is 0.132. The van der Waals surface area contributed by atoms with Gasteiger partial charge in [-0.15, -0.1) is 11.8 Å². The average molecular weight is 760 g/mol. The van der Waals surface area contributed by atoms with Crippen LogP contribution in [-0.2, 0) is 23.8 Å². The second-order valence-electron chi connectivity index (χ2n) is 13.0. The summed E-state index contributed by atoms with van der Waals surface area (Å²) < 4.78 is 9.31. The van der Waals surface area contributed by atoms with Crippen molar-refractivity contribution in [3.63, 3.8) is 0 Å². The van der Waals surface area contributed by atoms with E-state index in [1.54, 1.807) is 50.7 Å². The van der Waals surface area contributed by atoms with Crippen molar-refractivity contribution in [1.82, 2.24) is 10.6 Å². The van der Waals surface area contributed by atoms with Gasteiger partial charge in [0.1, 0.15) is 17.7 Å². The molecular formula is C41H49N3O7S2. The molecule has 4 aromatic rings. The molecule has 53 heavy (non-hydrogen) atoms. The zero-order chi connectivity index (χ0) is 39.0. The Hall–Kier alpha value is -4.94. The molecule has 10 nitrogen and oxygen atoms in total. The fourth-order valence-electron chi connectivity index (χ4n) is 5.29. The number of ether oxygens (including phenoxy) is 2. The monoisotopic (exact) mass is 759 g/mol. The maximum Gasteiger partial charge on any atom is 0.408 e. The number of nitrogen functional groups attached to an aromatic ring is 1. The number of aliphatic carboxylic acids is 1. The van der Waals surface area contributed by atoms with Gasteiger partial charge in [0.15, 0.2) is 0 Å². The summed E-state index contributed by atoms with van der Waals surface area (Å²) in [6.45, 7) is 7.05. The largest absolute Gasteiger partial charge is 0.480 e. The van der Waals surface area contributed by atoms with Gasteiger partial charge in [-0.1, -0.05) is 91.0 Å². The number of aryl methyl sites for hydroxylation is 1. The van der Waals surface area contributed by atoms with Crippen LogP contribution in [0.2, 0.25) is 0 Å². The first kappa shape index (κ1) is 42.5. The molecule has 0 aromatic heterocycles. The van der Waals surface area contributed by atoms with E-state index in [4.69, 9.17) is 15.2 Å². The highest BCUT2D eigenvalue weighted by Gasteiger charge is 2.39. The van der Waals surface area contributed by atoms with E-state index in [-0.39, 0.29) is 11.7 Å².